The topological polar surface area (TPSA) is 68.5 Å². The number of aryl methyl sites for hydroxylation is 3. The Hall–Kier alpha value is -1.73. The molecule has 6 nitrogen and oxygen atoms in total. The van der Waals surface area contributed by atoms with E-state index in [0.717, 1.165) is 10.4 Å². The number of ether oxygens (including phenoxy) is 1. The van der Waals surface area contributed by atoms with Gasteiger partial charge in [-0.2, -0.15) is 0 Å². The van der Waals surface area contributed by atoms with E-state index in [1.807, 2.05) is 19.9 Å². The van der Waals surface area contributed by atoms with Gasteiger partial charge in [0.1, 0.15) is 0 Å². The predicted molar refractivity (Wildman–Crippen MR) is 77.4 cm³/mol. The molecule has 0 spiro atoms. The van der Waals surface area contributed by atoms with Gasteiger partial charge < -0.3 is 14.1 Å². The lowest BCUT2D eigenvalue weighted by Gasteiger charge is -2.30. The van der Waals surface area contributed by atoms with Gasteiger partial charge in [-0.15, -0.1) is 21.5 Å². The second-order valence-corrected chi connectivity index (χ2v) is 6.38. The first-order valence-corrected chi connectivity index (χ1v) is 7.64. The van der Waals surface area contributed by atoms with E-state index in [0.29, 0.717) is 31.5 Å². The molecule has 2 aromatic rings. The van der Waals surface area contributed by atoms with Gasteiger partial charge >= 0.3 is 0 Å². The molecule has 1 aliphatic rings. The number of carbonyl (C=O) groups excluding carboxylic acids is 1. The molecule has 0 aromatic carbocycles. The van der Waals surface area contributed by atoms with Crippen LogP contribution in [0.5, 0.6) is 0 Å². The summed E-state index contributed by atoms with van der Waals surface area (Å²) in [5, 5.41) is 7.78. The van der Waals surface area contributed by atoms with E-state index in [1.165, 1.54) is 16.2 Å². The SMILES string of the molecule is Cc1nnc(C2CN(C(=O)c3cc(C)c(C)s3)CCO2)o1. The second kappa shape index (κ2) is 5.57. The van der Waals surface area contributed by atoms with E-state index in [9.17, 15) is 4.79 Å². The van der Waals surface area contributed by atoms with E-state index < -0.39 is 0 Å². The fourth-order valence-corrected chi connectivity index (χ4v) is 3.26. The molecule has 1 saturated heterocycles. The zero-order valence-corrected chi connectivity index (χ0v) is 13.1. The van der Waals surface area contributed by atoms with Gasteiger partial charge in [-0.05, 0) is 25.5 Å². The second-order valence-electron chi connectivity index (χ2n) is 5.12. The molecule has 0 N–H and O–H groups in total. The van der Waals surface area contributed by atoms with Crippen LogP contribution >= 0.6 is 11.3 Å². The first-order valence-electron chi connectivity index (χ1n) is 6.82. The Labute approximate surface area is 126 Å². The summed E-state index contributed by atoms with van der Waals surface area (Å²) in [7, 11) is 0. The largest absolute Gasteiger partial charge is 0.423 e. The van der Waals surface area contributed by atoms with Crippen LogP contribution in [0.1, 0.15) is 38.0 Å². The van der Waals surface area contributed by atoms with Crippen LogP contribution in [0.4, 0.5) is 0 Å². The number of hydrogen-bond acceptors (Lipinski definition) is 6. The molecule has 112 valence electrons. The smallest absolute Gasteiger partial charge is 0.264 e. The Kier molecular flexibility index (Phi) is 3.77. The summed E-state index contributed by atoms with van der Waals surface area (Å²) in [5.74, 6) is 0.978. The highest BCUT2D eigenvalue weighted by atomic mass is 32.1. The van der Waals surface area contributed by atoms with Gasteiger partial charge in [-0.3, -0.25) is 4.79 Å². The Bertz CT molecular complexity index is 645. The molecule has 0 radical (unpaired) electrons. The molecule has 1 aliphatic heterocycles. The Morgan fingerprint density at radius 2 is 2.19 bits per heavy atom. The number of nitrogens with zero attached hydrogens (tertiary/aromatic N) is 3. The quantitative estimate of drug-likeness (QED) is 0.851. The minimum absolute atomic E-state index is 0.0423. The van der Waals surface area contributed by atoms with Gasteiger partial charge in [0.25, 0.3) is 5.91 Å². The minimum atomic E-state index is -0.342. The van der Waals surface area contributed by atoms with Crippen LogP contribution in [0.25, 0.3) is 0 Å². The number of thiophene rings is 1. The van der Waals surface area contributed by atoms with Crippen LogP contribution in [-0.4, -0.2) is 40.7 Å². The molecule has 1 amide bonds. The van der Waals surface area contributed by atoms with Gasteiger partial charge in [0.05, 0.1) is 18.0 Å². The molecule has 0 bridgehead atoms. The van der Waals surface area contributed by atoms with Crippen molar-refractivity contribution in [3.63, 3.8) is 0 Å². The summed E-state index contributed by atoms with van der Waals surface area (Å²) < 4.78 is 11.0. The van der Waals surface area contributed by atoms with E-state index in [1.54, 1.807) is 11.8 Å². The van der Waals surface area contributed by atoms with Crippen molar-refractivity contribution in [3.05, 3.63) is 33.2 Å². The van der Waals surface area contributed by atoms with Gasteiger partial charge in [-0.25, -0.2) is 0 Å². The molecule has 3 rings (SSSR count). The number of morpholine rings is 1. The molecular formula is C14H17N3O3S. The molecule has 1 atom stereocenters. The number of hydrogen-bond donors (Lipinski definition) is 0. The first kappa shape index (κ1) is 14.2. The number of rotatable bonds is 2. The lowest BCUT2D eigenvalue weighted by Crippen LogP contribution is -2.42. The molecule has 3 heterocycles. The van der Waals surface area contributed by atoms with Crippen molar-refractivity contribution >= 4 is 17.2 Å². The minimum Gasteiger partial charge on any atom is -0.423 e. The molecular weight excluding hydrogens is 290 g/mol. The average Bonchev–Trinajstić information content (AvgIpc) is 3.05. The van der Waals surface area contributed by atoms with Crippen LogP contribution in [0, 0.1) is 20.8 Å². The zero-order valence-electron chi connectivity index (χ0n) is 12.3. The molecule has 1 fully saturated rings. The summed E-state index contributed by atoms with van der Waals surface area (Å²) >= 11 is 1.53. The molecule has 0 saturated carbocycles. The summed E-state index contributed by atoms with van der Waals surface area (Å²) in [6, 6.07) is 1.95. The van der Waals surface area contributed by atoms with Crippen molar-refractivity contribution in [2.75, 3.05) is 19.7 Å². The van der Waals surface area contributed by atoms with Crippen molar-refractivity contribution in [1.82, 2.24) is 15.1 Å². The van der Waals surface area contributed by atoms with Crippen molar-refractivity contribution in [3.8, 4) is 0 Å². The summed E-state index contributed by atoms with van der Waals surface area (Å²) in [6.45, 7) is 7.28. The third kappa shape index (κ3) is 2.84. The van der Waals surface area contributed by atoms with Gasteiger partial charge in [0, 0.05) is 18.3 Å². The van der Waals surface area contributed by atoms with Crippen molar-refractivity contribution in [2.45, 2.75) is 26.9 Å². The molecule has 7 heteroatoms. The maximum Gasteiger partial charge on any atom is 0.264 e. The third-order valence-electron chi connectivity index (χ3n) is 3.55. The fourth-order valence-electron chi connectivity index (χ4n) is 2.26. The highest BCUT2D eigenvalue weighted by Crippen LogP contribution is 2.26. The maximum absolute atomic E-state index is 12.6. The van der Waals surface area contributed by atoms with Crippen LogP contribution in [0.2, 0.25) is 0 Å². The lowest BCUT2D eigenvalue weighted by atomic mass is 10.2. The van der Waals surface area contributed by atoms with E-state index in [4.69, 9.17) is 9.15 Å². The Balaban J connectivity index is 1.75. The van der Waals surface area contributed by atoms with E-state index in [2.05, 4.69) is 10.2 Å². The first-order chi connectivity index (χ1) is 10.0. The van der Waals surface area contributed by atoms with Crippen molar-refractivity contribution in [1.29, 1.82) is 0 Å². The molecule has 2 aromatic heterocycles. The zero-order chi connectivity index (χ0) is 15.0. The molecule has 0 aliphatic carbocycles. The standard InChI is InChI=1S/C14H17N3O3S/c1-8-6-12(21-9(8)2)14(18)17-4-5-19-11(7-17)13-16-15-10(3)20-13/h6,11H,4-5,7H2,1-3H3. The van der Waals surface area contributed by atoms with Crippen LogP contribution in [0.15, 0.2) is 10.5 Å². The maximum atomic E-state index is 12.6. The number of carbonyl (C=O) groups is 1. The van der Waals surface area contributed by atoms with E-state index >= 15 is 0 Å². The Morgan fingerprint density at radius 1 is 1.38 bits per heavy atom. The van der Waals surface area contributed by atoms with Crippen LogP contribution in [-0.2, 0) is 4.74 Å². The van der Waals surface area contributed by atoms with Crippen molar-refractivity contribution < 1.29 is 13.9 Å². The summed E-state index contributed by atoms with van der Waals surface area (Å²) in [5.41, 5.74) is 1.15. The summed E-state index contributed by atoms with van der Waals surface area (Å²) in [4.78, 5) is 16.3. The van der Waals surface area contributed by atoms with E-state index in [-0.39, 0.29) is 12.0 Å². The highest BCUT2D eigenvalue weighted by Gasteiger charge is 2.30. The lowest BCUT2D eigenvalue weighted by molar-refractivity contribution is -0.0347. The van der Waals surface area contributed by atoms with Crippen molar-refractivity contribution in [2.24, 2.45) is 0 Å². The average molecular weight is 307 g/mol. The summed E-state index contributed by atoms with van der Waals surface area (Å²) in [6.07, 6.45) is -0.342. The van der Waals surface area contributed by atoms with Crippen LogP contribution in [0.3, 0.4) is 0 Å². The predicted octanol–water partition coefficient (Wildman–Crippen LogP) is 2.27. The normalized spacial score (nSPS) is 19.0. The van der Waals surface area contributed by atoms with Gasteiger partial charge in [-0.1, -0.05) is 0 Å². The Morgan fingerprint density at radius 3 is 2.81 bits per heavy atom. The van der Waals surface area contributed by atoms with Crippen LogP contribution < -0.4 is 0 Å². The van der Waals surface area contributed by atoms with Gasteiger partial charge in [0.2, 0.25) is 11.8 Å². The number of amides is 1. The third-order valence-corrected chi connectivity index (χ3v) is 4.69. The number of aromatic nitrogens is 2. The molecule has 21 heavy (non-hydrogen) atoms. The van der Waals surface area contributed by atoms with Gasteiger partial charge in [0.15, 0.2) is 6.10 Å². The monoisotopic (exact) mass is 307 g/mol. The fraction of sp³-hybridized carbons (Fsp3) is 0.500. The molecule has 1 unspecified atom stereocenters. The highest BCUT2D eigenvalue weighted by molar-refractivity contribution is 7.14.